The summed E-state index contributed by atoms with van der Waals surface area (Å²) < 4.78 is 81.9. The Morgan fingerprint density at radius 2 is 1.62 bits per heavy atom. The maximum absolute atomic E-state index is 12.8. The van der Waals surface area contributed by atoms with Crippen LogP contribution in [0.25, 0.3) is 0 Å². The van der Waals surface area contributed by atoms with Gasteiger partial charge in [-0.3, -0.25) is 0 Å². The molecule has 24 heavy (non-hydrogen) atoms. The van der Waals surface area contributed by atoms with Gasteiger partial charge in [0, 0.05) is 5.57 Å². The van der Waals surface area contributed by atoms with Gasteiger partial charge in [-0.1, -0.05) is 6.58 Å². The van der Waals surface area contributed by atoms with E-state index in [0.29, 0.717) is 6.42 Å². The predicted molar refractivity (Wildman–Crippen MR) is 70.7 cm³/mol. The minimum Gasteiger partial charge on any atom is -0.459 e. The van der Waals surface area contributed by atoms with E-state index in [0.717, 1.165) is 0 Å². The average molecular weight is 360 g/mol. The summed E-state index contributed by atoms with van der Waals surface area (Å²) in [6, 6.07) is 0. The van der Waals surface area contributed by atoms with Gasteiger partial charge in [-0.15, -0.1) is 0 Å². The number of rotatable bonds is 4. The van der Waals surface area contributed by atoms with Crippen molar-refractivity contribution in [2.24, 2.45) is 17.8 Å². The van der Waals surface area contributed by atoms with Crippen LogP contribution in [0.1, 0.15) is 32.6 Å². The number of hydrogen-bond donors (Lipinski definition) is 1. The number of halogens is 6. The molecule has 0 heterocycles. The SMILES string of the molecule is C=C(C)C(=O)OC1CC2CC1CC2CC(O)(C(F)(F)F)C(F)(F)F. The fraction of sp³-hybridized carbons (Fsp3) is 0.800. The van der Waals surface area contributed by atoms with E-state index < -0.39 is 48.3 Å². The van der Waals surface area contributed by atoms with Crippen molar-refractivity contribution in [3.05, 3.63) is 12.2 Å². The largest absolute Gasteiger partial charge is 0.459 e. The van der Waals surface area contributed by atoms with Crippen LogP contribution in [-0.4, -0.2) is 35.1 Å². The Hall–Kier alpha value is -1.25. The lowest BCUT2D eigenvalue weighted by Crippen LogP contribution is -2.58. The molecule has 2 aliphatic carbocycles. The highest BCUT2D eigenvalue weighted by Gasteiger charge is 2.71. The topological polar surface area (TPSA) is 46.5 Å². The molecule has 2 fully saturated rings. The fourth-order valence-electron chi connectivity index (χ4n) is 3.75. The smallest absolute Gasteiger partial charge is 0.426 e. The molecular formula is C15H18F6O3. The molecule has 0 aliphatic heterocycles. The van der Waals surface area contributed by atoms with E-state index in [1.807, 2.05) is 0 Å². The van der Waals surface area contributed by atoms with Crippen LogP contribution in [0.5, 0.6) is 0 Å². The van der Waals surface area contributed by atoms with Crippen LogP contribution >= 0.6 is 0 Å². The zero-order chi connectivity index (χ0) is 18.5. The van der Waals surface area contributed by atoms with Gasteiger partial charge in [0.05, 0.1) is 0 Å². The zero-order valence-electron chi connectivity index (χ0n) is 12.9. The van der Waals surface area contributed by atoms with E-state index in [1.165, 1.54) is 6.92 Å². The molecule has 1 N–H and O–H groups in total. The van der Waals surface area contributed by atoms with Gasteiger partial charge in [-0.2, -0.15) is 26.3 Å². The summed E-state index contributed by atoms with van der Waals surface area (Å²) in [4.78, 5) is 11.5. The minimum absolute atomic E-state index is 0.0628. The summed E-state index contributed by atoms with van der Waals surface area (Å²) in [7, 11) is 0. The second kappa shape index (κ2) is 5.93. The number of esters is 1. The predicted octanol–water partition coefficient (Wildman–Crippen LogP) is 3.77. The molecule has 2 saturated carbocycles. The Kier molecular flexibility index (Phi) is 4.71. The molecule has 138 valence electrons. The second-order valence-electron chi connectivity index (χ2n) is 6.77. The van der Waals surface area contributed by atoms with Crippen LogP contribution in [0.2, 0.25) is 0 Å². The zero-order valence-corrected chi connectivity index (χ0v) is 12.9. The lowest BCUT2D eigenvalue weighted by atomic mass is 9.79. The van der Waals surface area contributed by atoms with Crippen LogP contribution in [-0.2, 0) is 9.53 Å². The molecular weight excluding hydrogens is 342 g/mol. The summed E-state index contributed by atoms with van der Waals surface area (Å²) >= 11 is 0. The Bertz CT molecular complexity index is 510. The summed E-state index contributed by atoms with van der Waals surface area (Å²) in [6.07, 6.45) is -12.8. The Morgan fingerprint density at radius 1 is 1.08 bits per heavy atom. The van der Waals surface area contributed by atoms with E-state index in [1.54, 1.807) is 0 Å². The standard InChI is InChI=1S/C15H18F6O3/c1-7(2)12(22)24-11-5-8-3-9(11)4-10(8)6-13(23,14(16,17)18)15(19,20)21/h8-11,23H,1,3-6H2,2H3. The lowest BCUT2D eigenvalue weighted by molar-refractivity contribution is -0.373. The van der Waals surface area contributed by atoms with Gasteiger partial charge in [-0.05, 0) is 50.4 Å². The van der Waals surface area contributed by atoms with Gasteiger partial charge in [0.1, 0.15) is 6.10 Å². The van der Waals surface area contributed by atoms with Gasteiger partial charge in [0.15, 0.2) is 0 Å². The molecule has 2 rings (SSSR count). The second-order valence-corrected chi connectivity index (χ2v) is 6.77. The van der Waals surface area contributed by atoms with Gasteiger partial charge in [0.2, 0.25) is 0 Å². The number of alkyl halides is 6. The van der Waals surface area contributed by atoms with E-state index in [2.05, 4.69) is 6.58 Å². The Labute approximate surface area is 134 Å². The number of carbonyl (C=O) groups is 1. The van der Waals surface area contributed by atoms with Crippen LogP contribution in [0.15, 0.2) is 12.2 Å². The molecule has 2 bridgehead atoms. The molecule has 0 aromatic heterocycles. The lowest BCUT2D eigenvalue weighted by Gasteiger charge is -2.37. The number of ether oxygens (including phenoxy) is 1. The van der Waals surface area contributed by atoms with Gasteiger partial charge in [0.25, 0.3) is 5.60 Å². The molecule has 3 nitrogen and oxygen atoms in total. The van der Waals surface area contributed by atoms with Crippen molar-refractivity contribution in [1.29, 1.82) is 0 Å². The van der Waals surface area contributed by atoms with Gasteiger partial charge < -0.3 is 9.84 Å². The molecule has 0 saturated heterocycles. The third-order valence-corrected chi connectivity index (χ3v) is 5.04. The first-order valence-corrected chi connectivity index (χ1v) is 7.48. The molecule has 2 aliphatic rings. The van der Waals surface area contributed by atoms with Crippen molar-refractivity contribution in [2.45, 2.75) is 56.7 Å². The maximum atomic E-state index is 12.8. The van der Waals surface area contributed by atoms with Crippen molar-refractivity contribution < 1.29 is 41.0 Å². The number of fused-ring (bicyclic) bond motifs is 2. The third-order valence-electron chi connectivity index (χ3n) is 5.04. The molecule has 4 atom stereocenters. The molecule has 0 aromatic carbocycles. The summed E-state index contributed by atoms with van der Waals surface area (Å²) in [6.45, 7) is 4.87. The first kappa shape index (κ1) is 19.1. The fourth-order valence-corrected chi connectivity index (χ4v) is 3.75. The van der Waals surface area contributed by atoms with Crippen molar-refractivity contribution >= 4 is 5.97 Å². The van der Waals surface area contributed by atoms with Crippen molar-refractivity contribution in [2.75, 3.05) is 0 Å². The molecule has 4 unspecified atom stereocenters. The Balaban J connectivity index is 2.05. The van der Waals surface area contributed by atoms with Crippen molar-refractivity contribution in [1.82, 2.24) is 0 Å². The van der Waals surface area contributed by atoms with Crippen LogP contribution < -0.4 is 0 Å². The molecule has 0 amide bonds. The summed E-state index contributed by atoms with van der Waals surface area (Å²) in [5.41, 5.74) is -4.53. The first-order valence-electron chi connectivity index (χ1n) is 7.48. The van der Waals surface area contributed by atoms with Crippen LogP contribution in [0.4, 0.5) is 26.3 Å². The summed E-state index contributed by atoms with van der Waals surface area (Å²) in [5.74, 6) is -2.25. The molecule has 0 radical (unpaired) electrons. The van der Waals surface area contributed by atoms with E-state index in [4.69, 9.17) is 4.74 Å². The molecule has 0 spiro atoms. The highest BCUT2D eigenvalue weighted by Crippen LogP contribution is 2.56. The van der Waals surface area contributed by atoms with Crippen molar-refractivity contribution in [3.63, 3.8) is 0 Å². The van der Waals surface area contributed by atoms with E-state index >= 15 is 0 Å². The normalized spacial score (nSPS) is 30.5. The van der Waals surface area contributed by atoms with Crippen molar-refractivity contribution in [3.8, 4) is 0 Å². The maximum Gasteiger partial charge on any atom is 0.426 e. The average Bonchev–Trinajstić information content (AvgIpc) is 2.95. The third kappa shape index (κ3) is 3.27. The van der Waals surface area contributed by atoms with Crippen LogP contribution in [0.3, 0.4) is 0 Å². The molecule has 9 heteroatoms. The number of carbonyl (C=O) groups excluding carboxylic acids is 1. The summed E-state index contributed by atoms with van der Waals surface area (Å²) in [5, 5.41) is 9.31. The van der Waals surface area contributed by atoms with E-state index in [-0.39, 0.29) is 24.3 Å². The van der Waals surface area contributed by atoms with Gasteiger partial charge >= 0.3 is 18.3 Å². The van der Waals surface area contributed by atoms with Crippen LogP contribution in [0, 0.1) is 17.8 Å². The van der Waals surface area contributed by atoms with Gasteiger partial charge in [-0.25, -0.2) is 4.79 Å². The number of hydrogen-bond acceptors (Lipinski definition) is 3. The van der Waals surface area contributed by atoms with E-state index in [9.17, 15) is 36.2 Å². The Morgan fingerprint density at radius 3 is 2.00 bits per heavy atom. The molecule has 0 aromatic rings. The minimum atomic E-state index is -5.79. The highest BCUT2D eigenvalue weighted by molar-refractivity contribution is 5.87. The number of aliphatic hydroxyl groups is 1. The first-order chi connectivity index (χ1) is 10.8. The quantitative estimate of drug-likeness (QED) is 0.472. The highest BCUT2D eigenvalue weighted by atomic mass is 19.4. The monoisotopic (exact) mass is 360 g/mol.